The van der Waals surface area contributed by atoms with Gasteiger partial charge in [0.25, 0.3) is 0 Å². The van der Waals surface area contributed by atoms with E-state index in [0.29, 0.717) is 6.04 Å². The molecule has 2 heterocycles. The fourth-order valence-electron chi connectivity index (χ4n) is 3.62. The maximum absolute atomic E-state index is 3.71. The van der Waals surface area contributed by atoms with Gasteiger partial charge in [0.05, 0.1) is 0 Å². The molecule has 0 aliphatic carbocycles. The average Bonchev–Trinajstić information content (AvgIpc) is 2.30. The van der Waals surface area contributed by atoms with Crippen LogP contribution in [0.2, 0.25) is 0 Å². The van der Waals surface area contributed by atoms with Crippen LogP contribution in [0.1, 0.15) is 40.5 Å². The Morgan fingerprint density at radius 2 is 1.84 bits per heavy atom. The molecule has 0 bridgehead atoms. The molecule has 0 aromatic heterocycles. The first-order chi connectivity index (χ1) is 8.87. The van der Waals surface area contributed by atoms with Gasteiger partial charge in [-0.25, -0.2) is 0 Å². The number of nitrogens with zero attached hydrogens (tertiary/aromatic N) is 2. The van der Waals surface area contributed by atoms with E-state index in [1.807, 2.05) is 0 Å². The van der Waals surface area contributed by atoms with Gasteiger partial charge in [0, 0.05) is 31.2 Å². The smallest absolute Gasteiger partial charge is 0.0252 e. The van der Waals surface area contributed by atoms with Crippen molar-refractivity contribution in [2.45, 2.75) is 52.1 Å². The summed E-state index contributed by atoms with van der Waals surface area (Å²) in [4.78, 5) is 5.25. The van der Waals surface area contributed by atoms with Crippen LogP contribution in [0.15, 0.2) is 0 Å². The predicted molar refractivity (Wildman–Crippen MR) is 82.5 cm³/mol. The number of hydrogen-bond donors (Lipinski definition) is 1. The normalized spacial score (nSPS) is 30.9. The van der Waals surface area contributed by atoms with Gasteiger partial charge in [-0.05, 0) is 58.7 Å². The first-order valence-electron chi connectivity index (χ1n) is 8.05. The van der Waals surface area contributed by atoms with Crippen molar-refractivity contribution in [3.63, 3.8) is 0 Å². The van der Waals surface area contributed by atoms with Crippen LogP contribution in [-0.2, 0) is 0 Å². The molecule has 0 aromatic rings. The van der Waals surface area contributed by atoms with Crippen molar-refractivity contribution in [2.24, 2.45) is 11.8 Å². The zero-order chi connectivity index (χ0) is 14.0. The second-order valence-corrected chi connectivity index (χ2v) is 7.75. The van der Waals surface area contributed by atoms with E-state index in [2.05, 4.69) is 49.9 Å². The molecule has 0 spiro atoms. The fourth-order valence-corrected chi connectivity index (χ4v) is 3.62. The van der Waals surface area contributed by atoms with Crippen LogP contribution >= 0.6 is 0 Å². The van der Waals surface area contributed by atoms with E-state index in [4.69, 9.17) is 0 Å². The summed E-state index contributed by atoms with van der Waals surface area (Å²) in [5, 5.41) is 3.71. The van der Waals surface area contributed by atoms with Crippen molar-refractivity contribution in [3.8, 4) is 0 Å². The van der Waals surface area contributed by atoms with Crippen molar-refractivity contribution in [2.75, 3.05) is 39.8 Å². The lowest BCUT2D eigenvalue weighted by Crippen LogP contribution is -2.63. The van der Waals surface area contributed by atoms with E-state index in [-0.39, 0.29) is 5.54 Å². The van der Waals surface area contributed by atoms with E-state index < -0.39 is 0 Å². The minimum Gasteiger partial charge on any atom is -0.309 e. The minimum absolute atomic E-state index is 0.275. The van der Waals surface area contributed by atoms with E-state index >= 15 is 0 Å². The van der Waals surface area contributed by atoms with Crippen molar-refractivity contribution in [1.82, 2.24) is 15.1 Å². The van der Waals surface area contributed by atoms with Gasteiger partial charge in [0.2, 0.25) is 0 Å². The van der Waals surface area contributed by atoms with Crippen LogP contribution in [0.3, 0.4) is 0 Å². The average molecular weight is 267 g/mol. The summed E-state index contributed by atoms with van der Waals surface area (Å²) in [6.07, 6.45) is 2.76. The number of likely N-dealkylation sites (tertiary alicyclic amines) is 1. The standard InChI is InChI=1S/C16H33N3/c1-13(2)15-10-17-16(3,4)12-19(15)11-14-6-8-18(5)9-7-14/h13-15,17H,6-12H2,1-5H3. The molecular weight excluding hydrogens is 234 g/mol. The number of piperidine rings is 1. The third kappa shape index (κ3) is 4.17. The highest BCUT2D eigenvalue weighted by molar-refractivity contribution is 4.94. The van der Waals surface area contributed by atoms with Crippen LogP contribution in [-0.4, -0.2) is 61.2 Å². The van der Waals surface area contributed by atoms with Gasteiger partial charge in [-0.3, -0.25) is 4.90 Å². The minimum atomic E-state index is 0.275. The molecular formula is C16H33N3. The topological polar surface area (TPSA) is 18.5 Å². The van der Waals surface area contributed by atoms with Crippen LogP contribution in [0.25, 0.3) is 0 Å². The molecule has 2 fully saturated rings. The van der Waals surface area contributed by atoms with E-state index in [1.54, 1.807) is 0 Å². The zero-order valence-corrected chi connectivity index (χ0v) is 13.6. The monoisotopic (exact) mass is 267 g/mol. The highest BCUT2D eigenvalue weighted by atomic mass is 15.3. The van der Waals surface area contributed by atoms with Crippen LogP contribution < -0.4 is 5.32 Å². The molecule has 2 rings (SSSR count). The van der Waals surface area contributed by atoms with Crippen molar-refractivity contribution in [3.05, 3.63) is 0 Å². The molecule has 0 radical (unpaired) electrons. The van der Waals surface area contributed by atoms with Crippen LogP contribution in [0.5, 0.6) is 0 Å². The summed E-state index contributed by atoms with van der Waals surface area (Å²) in [5.74, 6) is 1.65. The molecule has 2 saturated heterocycles. The summed E-state index contributed by atoms with van der Waals surface area (Å²) in [6, 6.07) is 0.715. The molecule has 2 aliphatic rings. The SMILES string of the molecule is CC(C)C1CNC(C)(C)CN1CC1CCN(C)CC1. The molecule has 2 aliphatic heterocycles. The number of nitrogens with one attached hydrogen (secondary N) is 1. The van der Waals surface area contributed by atoms with Gasteiger partial charge in [-0.1, -0.05) is 13.8 Å². The van der Waals surface area contributed by atoms with Crippen molar-refractivity contribution < 1.29 is 0 Å². The zero-order valence-electron chi connectivity index (χ0n) is 13.6. The lowest BCUT2D eigenvalue weighted by Gasteiger charge is -2.48. The lowest BCUT2D eigenvalue weighted by atomic mass is 9.89. The van der Waals surface area contributed by atoms with Gasteiger partial charge in [-0.15, -0.1) is 0 Å². The van der Waals surface area contributed by atoms with Gasteiger partial charge in [0.1, 0.15) is 0 Å². The first kappa shape index (κ1) is 15.3. The summed E-state index contributed by atoms with van der Waals surface area (Å²) < 4.78 is 0. The molecule has 1 N–H and O–H groups in total. The van der Waals surface area contributed by atoms with Gasteiger partial charge in [0.15, 0.2) is 0 Å². The Labute approximate surface area is 119 Å². The number of rotatable bonds is 3. The summed E-state index contributed by atoms with van der Waals surface area (Å²) in [5.41, 5.74) is 0.275. The largest absolute Gasteiger partial charge is 0.309 e. The fraction of sp³-hybridized carbons (Fsp3) is 1.00. The molecule has 0 aromatic carbocycles. The molecule has 112 valence electrons. The Bertz CT molecular complexity index is 280. The predicted octanol–water partition coefficient (Wildman–Crippen LogP) is 2.04. The van der Waals surface area contributed by atoms with E-state index in [1.165, 1.54) is 39.0 Å². The van der Waals surface area contributed by atoms with Gasteiger partial charge >= 0.3 is 0 Å². The lowest BCUT2D eigenvalue weighted by molar-refractivity contribution is 0.0445. The summed E-state index contributed by atoms with van der Waals surface area (Å²) in [7, 11) is 2.25. The van der Waals surface area contributed by atoms with Crippen molar-refractivity contribution in [1.29, 1.82) is 0 Å². The van der Waals surface area contributed by atoms with Gasteiger partial charge < -0.3 is 10.2 Å². The van der Waals surface area contributed by atoms with Crippen molar-refractivity contribution >= 4 is 0 Å². The number of piperazine rings is 1. The Kier molecular flexibility index (Phi) is 4.91. The highest BCUT2D eigenvalue weighted by Crippen LogP contribution is 2.24. The third-order valence-electron chi connectivity index (χ3n) is 4.96. The Morgan fingerprint density at radius 1 is 1.21 bits per heavy atom. The third-order valence-corrected chi connectivity index (χ3v) is 4.96. The second-order valence-electron chi connectivity index (χ2n) is 7.75. The van der Waals surface area contributed by atoms with E-state index in [9.17, 15) is 0 Å². The highest BCUT2D eigenvalue weighted by Gasteiger charge is 2.35. The number of hydrogen-bond acceptors (Lipinski definition) is 3. The Hall–Kier alpha value is -0.120. The van der Waals surface area contributed by atoms with Gasteiger partial charge in [-0.2, -0.15) is 0 Å². The maximum Gasteiger partial charge on any atom is 0.0252 e. The van der Waals surface area contributed by atoms with E-state index in [0.717, 1.165) is 18.4 Å². The van der Waals surface area contributed by atoms with Crippen LogP contribution in [0.4, 0.5) is 0 Å². The molecule has 1 unspecified atom stereocenters. The maximum atomic E-state index is 3.71. The Balaban J connectivity index is 1.94. The first-order valence-corrected chi connectivity index (χ1v) is 8.05. The molecule has 0 saturated carbocycles. The molecule has 3 nitrogen and oxygen atoms in total. The van der Waals surface area contributed by atoms with Crippen LogP contribution in [0, 0.1) is 11.8 Å². The second kappa shape index (κ2) is 6.11. The molecule has 1 atom stereocenters. The molecule has 3 heteroatoms. The molecule has 19 heavy (non-hydrogen) atoms. The Morgan fingerprint density at radius 3 is 2.42 bits per heavy atom. The summed E-state index contributed by atoms with van der Waals surface area (Å²) >= 11 is 0. The molecule has 0 amide bonds. The quantitative estimate of drug-likeness (QED) is 0.844. The summed E-state index contributed by atoms with van der Waals surface area (Å²) in [6.45, 7) is 15.6.